The van der Waals surface area contributed by atoms with Gasteiger partial charge in [0.05, 0.1) is 10.5 Å². The molecular formula is C7H3F3N2S. The molecule has 0 amide bonds. The van der Waals surface area contributed by atoms with E-state index < -0.39 is 5.51 Å². The first kappa shape index (κ1) is 9.86. The molecular weight excluding hydrogens is 201 g/mol. The molecule has 1 aromatic heterocycles. The number of nitriles is 1. The number of rotatable bonds is 1. The maximum Gasteiger partial charge on any atom is 0.446 e. The van der Waals surface area contributed by atoms with Crippen LogP contribution in [0.15, 0.2) is 23.4 Å². The highest BCUT2D eigenvalue weighted by molar-refractivity contribution is 8.00. The largest absolute Gasteiger partial charge is 0.446 e. The number of thioether (sulfide) groups is 1. The first-order valence-electron chi connectivity index (χ1n) is 3.13. The second kappa shape index (κ2) is 3.66. The van der Waals surface area contributed by atoms with E-state index in [0.717, 1.165) is 6.20 Å². The Labute approximate surface area is 76.4 Å². The molecule has 0 radical (unpaired) electrons. The average molecular weight is 204 g/mol. The van der Waals surface area contributed by atoms with Crippen molar-refractivity contribution in [2.45, 2.75) is 10.4 Å². The lowest BCUT2D eigenvalue weighted by Crippen LogP contribution is -2.00. The minimum Gasteiger partial charge on any atom is -0.263 e. The van der Waals surface area contributed by atoms with E-state index in [2.05, 4.69) is 4.98 Å². The molecule has 0 atom stereocenters. The minimum absolute atomic E-state index is 0.0164. The van der Waals surface area contributed by atoms with Gasteiger partial charge in [-0.25, -0.2) is 0 Å². The molecule has 2 nitrogen and oxygen atoms in total. The van der Waals surface area contributed by atoms with E-state index in [-0.39, 0.29) is 22.2 Å². The molecule has 0 aliphatic heterocycles. The predicted octanol–water partition coefficient (Wildman–Crippen LogP) is 2.57. The molecule has 0 aliphatic rings. The van der Waals surface area contributed by atoms with Crippen molar-refractivity contribution in [3.05, 3.63) is 24.0 Å². The smallest absolute Gasteiger partial charge is 0.263 e. The van der Waals surface area contributed by atoms with Crippen molar-refractivity contribution in [1.29, 1.82) is 5.26 Å². The van der Waals surface area contributed by atoms with E-state index in [1.165, 1.54) is 12.3 Å². The van der Waals surface area contributed by atoms with Crippen LogP contribution in [0.25, 0.3) is 0 Å². The van der Waals surface area contributed by atoms with E-state index in [1.807, 2.05) is 0 Å². The van der Waals surface area contributed by atoms with Crippen LogP contribution in [0.5, 0.6) is 0 Å². The fourth-order valence-electron chi connectivity index (χ4n) is 0.678. The van der Waals surface area contributed by atoms with Gasteiger partial charge in [-0.05, 0) is 17.8 Å². The van der Waals surface area contributed by atoms with Gasteiger partial charge >= 0.3 is 5.51 Å². The van der Waals surface area contributed by atoms with E-state index >= 15 is 0 Å². The van der Waals surface area contributed by atoms with Gasteiger partial charge in [0.1, 0.15) is 6.07 Å². The number of pyridine rings is 1. The first-order valence-corrected chi connectivity index (χ1v) is 3.94. The van der Waals surface area contributed by atoms with Crippen LogP contribution >= 0.6 is 11.8 Å². The van der Waals surface area contributed by atoms with Gasteiger partial charge in [-0.1, -0.05) is 0 Å². The van der Waals surface area contributed by atoms with Gasteiger partial charge in [-0.2, -0.15) is 18.4 Å². The van der Waals surface area contributed by atoms with Crippen molar-refractivity contribution in [3.63, 3.8) is 0 Å². The van der Waals surface area contributed by atoms with E-state index in [9.17, 15) is 13.2 Å². The summed E-state index contributed by atoms with van der Waals surface area (Å²) in [7, 11) is 0. The minimum atomic E-state index is -4.38. The highest BCUT2D eigenvalue weighted by Crippen LogP contribution is 2.37. The van der Waals surface area contributed by atoms with Crippen molar-refractivity contribution in [1.82, 2.24) is 4.98 Å². The van der Waals surface area contributed by atoms with Crippen molar-refractivity contribution >= 4 is 11.8 Å². The van der Waals surface area contributed by atoms with Gasteiger partial charge in [-0.3, -0.25) is 4.98 Å². The van der Waals surface area contributed by atoms with E-state index in [0.29, 0.717) is 0 Å². The molecule has 0 aromatic carbocycles. The lowest BCUT2D eigenvalue weighted by atomic mass is 10.3. The van der Waals surface area contributed by atoms with E-state index in [4.69, 9.17) is 5.26 Å². The number of hydrogen-bond acceptors (Lipinski definition) is 3. The SMILES string of the molecule is N#Cc1ccncc1SC(F)(F)F. The Kier molecular flexibility index (Phi) is 2.78. The van der Waals surface area contributed by atoms with Gasteiger partial charge in [-0.15, -0.1) is 0 Å². The Bertz CT molecular complexity index is 342. The molecule has 1 aromatic rings. The molecule has 1 heterocycles. The van der Waals surface area contributed by atoms with Crippen molar-refractivity contribution < 1.29 is 13.2 Å². The average Bonchev–Trinajstić information content (AvgIpc) is 2.02. The summed E-state index contributed by atoms with van der Waals surface area (Å²) < 4.78 is 35.7. The topological polar surface area (TPSA) is 36.7 Å². The Balaban J connectivity index is 2.96. The Morgan fingerprint density at radius 2 is 2.15 bits per heavy atom. The lowest BCUT2D eigenvalue weighted by molar-refractivity contribution is -0.0328. The monoisotopic (exact) mass is 204 g/mol. The number of aromatic nitrogens is 1. The summed E-state index contributed by atoms with van der Waals surface area (Å²) in [6, 6.07) is 2.90. The second-order valence-electron chi connectivity index (χ2n) is 2.03. The Hall–Kier alpha value is -1.22. The third-order valence-electron chi connectivity index (χ3n) is 1.13. The van der Waals surface area contributed by atoms with Crippen molar-refractivity contribution in [3.8, 4) is 6.07 Å². The first-order chi connectivity index (χ1) is 6.03. The number of halogens is 3. The van der Waals surface area contributed by atoms with Crippen LogP contribution in [-0.4, -0.2) is 10.5 Å². The van der Waals surface area contributed by atoms with Gasteiger partial charge in [0.25, 0.3) is 0 Å². The summed E-state index contributed by atoms with van der Waals surface area (Å²) in [6.07, 6.45) is 2.30. The zero-order valence-electron chi connectivity index (χ0n) is 6.17. The third kappa shape index (κ3) is 2.95. The molecule has 0 spiro atoms. The van der Waals surface area contributed by atoms with Crippen LogP contribution in [0, 0.1) is 11.3 Å². The summed E-state index contributed by atoms with van der Waals surface area (Å²) in [6.45, 7) is 0. The molecule has 6 heteroatoms. The molecule has 0 saturated heterocycles. The summed E-state index contributed by atoms with van der Waals surface area (Å²) >= 11 is -0.333. The van der Waals surface area contributed by atoms with E-state index in [1.54, 1.807) is 6.07 Å². The maximum atomic E-state index is 11.9. The molecule has 1 rings (SSSR count). The molecule has 13 heavy (non-hydrogen) atoms. The van der Waals surface area contributed by atoms with Gasteiger partial charge < -0.3 is 0 Å². The van der Waals surface area contributed by atoms with Gasteiger partial charge in [0, 0.05) is 12.4 Å². The lowest BCUT2D eigenvalue weighted by Gasteiger charge is -2.05. The molecule has 0 fully saturated rings. The normalized spacial score (nSPS) is 10.9. The van der Waals surface area contributed by atoms with Crippen LogP contribution < -0.4 is 0 Å². The van der Waals surface area contributed by atoms with Gasteiger partial charge in [0.2, 0.25) is 0 Å². The van der Waals surface area contributed by atoms with Crippen molar-refractivity contribution in [2.75, 3.05) is 0 Å². The molecule has 0 bridgehead atoms. The Morgan fingerprint density at radius 1 is 1.46 bits per heavy atom. The standard InChI is InChI=1S/C7H3F3N2S/c8-7(9,10)13-6-4-12-2-1-5(6)3-11/h1-2,4H. The molecule has 0 unspecified atom stereocenters. The zero-order chi connectivity index (χ0) is 9.90. The van der Waals surface area contributed by atoms with Gasteiger partial charge in [0.15, 0.2) is 0 Å². The van der Waals surface area contributed by atoms with Crippen LogP contribution in [0.2, 0.25) is 0 Å². The molecule has 0 N–H and O–H groups in total. The number of alkyl halides is 3. The van der Waals surface area contributed by atoms with Crippen LogP contribution in [0.1, 0.15) is 5.56 Å². The zero-order valence-corrected chi connectivity index (χ0v) is 6.99. The highest BCUT2D eigenvalue weighted by atomic mass is 32.2. The van der Waals surface area contributed by atoms with Crippen LogP contribution in [0.4, 0.5) is 13.2 Å². The fraction of sp³-hybridized carbons (Fsp3) is 0.143. The molecule has 68 valence electrons. The Morgan fingerprint density at radius 3 is 2.69 bits per heavy atom. The summed E-state index contributed by atoms with van der Waals surface area (Å²) in [5, 5.41) is 8.46. The molecule has 0 aliphatic carbocycles. The van der Waals surface area contributed by atoms with Crippen LogP contribution in [0.3, 0.4) is 0 Å². The summed E-state index contributed by atoms with van der Waals surface area (Å²) in [5.74, 6) is 0. The number of nitrogens with zero attached hydrogens (tertiary/aromatic N) is 2. The number of hydrogen-bond donors (Lipinski definition) is 0. The quantitative estimate of drug-likeness (QED) is 0.659. The highest BCUT2D eigenvalue weighted by Gasteiger charge is 2.30. The third-order valence-corrected chi connectivity index (χ3v) is 1.91. The maximum absolute atomic E-state index is 11.9. The predicted molar refractivity (Wildman–Crippen MR) is 40.9 cm³/mol. The van der Waals surface area contributed by atoms with Crippen LogP contribution in [-0.2, 0) is 0 Å². The van der Waals surface area contributed by atoms with Crippen molar-refractivity contribution in [2.24, 2.45) is 0 Å². The summed E-state index contributed by atoms with van der Waals surface area (Å²) in [4.78, 5) is 3.34. The molecule has 0 saturated carbocycles. The second-order valence-corrected chi connectivity index (χ2v) is 3.14. The fourth-order valence-corrected chi connectivity index (χ4v) is 1.26. The summed E-state index contributed by atoms with van der Waals surface area (Å²) in [5.41, 5.74) is -4.40.